The number of nitrogens with one attached hydrogen (secondary N) is 1. The van der Waals surface area contributed by atoms with Crippen LogP contribution in [-0.2, 0) is 11.0 Å². The van der Waals surface area contributed by atoms with Gasteiger partial charge in [0.2, 0.25) is 5.91 Å². The summed E-state index contributed by atoms with van der Waals surface area (Å²) in [5, 5.41) is 6.91. The Morgan fingerprint density at radius 3 is 2.41 bits per heavy atom. The average molecular weight is 571 g/mol. The molecule has 3 aromatic heterocycles. The van der Waals surface area contributed by atoms with Crippen LogP contribution in [0.5, 0.6) is 5.75 Å². The van der Waals surface area contributed by atoms with Crippen molar-refractivity contribution in [1.29, 1.82) is 0 Å². The van der Waals surface area contributed by atoms with Crippen LogP contribution >= 0.6 is 0 Å². The van der Waals surface area contributed by atoms with Gasteiger partial charge in [-0.15, -0.1) is 0 Å². The molecule has 0 aliphatic heterocycles. The van der Waals surface area contributed by atoms with Gasteiger partial charge in [-0.2, -0.15) is 18.3 Å². The highest BCUT2D eigenvalue weighted by Crippen LogP contribution is 2.35. The van der Waals surface area contributed by atoms with E-state index in [0.29, 0.717) is 29.2 Å². The van der Waals surface area contributed by atoms with E-state index in [0.717, 1.165) is 30.7 Å². The zero-order chi connectivity index (χ0) is 30.1. The van der Waals surface area contributed by atoms with Gasteiger partial charge in [0.05, 0.1) is 42.0 Å². The molecule has 1 atom stereocenters. The standard InChI is InChI=1S/C29H33F3N6O3/c1-17-22(16-35-38(17)24-12-9-19(14-33-24)29(30,31)32)26(39)36-20-13-23(41-6)25(34-15-20)18-7-10-21(11-8-18)37(5)27(40)28(2,3)4/h7,9,12-16,21H,8,10-11H2,1-6H3,(H,36,39). The number of amides is 2. The summed E-state index contributed by atoms with van der Waals surface area (Å²) in [6, 6.07) is 3.89. The second kappa shape index (κ2) is 11.3. The summed E-state index contributed by atoms with van der Waals surface area (Å²) in [6.07, 6.45) is 3.39. The van der Waals surface area contributed by atoms with Crippen molar-refractivity contribution in [3.63, 3.8) is 0 Å². The van der Waals surface area contributed by atoms with E-state index < -0.39 is 23.1 Å². The van der Waals surface area contributed by atoms with Gasteiger partial charge in [0.1, 0.15) is 11.4 Å². The minimum absolute atomic E-state index is 0.103. The molecule has 9 nitrogen and oxygen atoms in total. The summed E-state index contributed by atoms with van der Waals surface area (Å²) in [5.74, 6) is 0.280. The van der Waals surface area contributed by atoms with E-state index in [1.807, 2.05) is 32.7 Å². The molecule has 0 radical (unpaired) electrons. The number of aromatic nitrogens is 4. The lowest BCUT2D eigenvalue weighted by atomic mass is 9.89. The Hall–Kier alpha value is -4.22. The van der Waals surface area contributed by atoms with Crippen LogP contribution in [0.2, 0.25) is 0 Å². The van der Waals surface area contributed by atoms with Crippen LogP contribution in [0.25, 0.3) is 11.4 Å². The van der Waals surface area contributed by atoms with Crippen molar-refractivity contribution >= 4 is 23.1 Å². The van der Waals surface area contributed by atoms with Crippen LogP contribution in [0.15, 0.2) is 42.9 Å². The molecular formula is C29H33F3N6O3. The lowest BCUT2D eigenvalue weighted by Crippen LogP contribution is -2.43. The first kappa shape index (κ1) is 29.8. The Morgan fingerprint density at radius 2 is 1.85 bits per heavy atom. The second-order valence-corrected chi connectivity index (χ2v) is 11.0. The fourth-order valence-corrected chi connectivity index (χ4v) is 4.73. The molecular weight excluding hydrogens is 537 g/mol. The van der Waals surface area contributed by atoms with Crippen LogP contribution < -0.4 is 10.1 Å². The molecule has 0 aromatic carbocycles. The molecule has 0 saturated carbocycles. The maximum absolute atomic E-state index is 13.0. The van der Waals surface area contributed by atoms with E-state index >= 15 is 0 Å². The van der Waals surface area contributed by atoms with E-state index in [1.165, 1.54) is 30.3 Å². The topological polar surface area (TPSA) is 102 Å². The van der Waals surface area contributed by atoms with Crippen LogP contribution in [0.3, 0.4) is 0 Å². The molecule has 12 heteroatoms. The predicted octanol–water partition coefficient (Wildman–Crippen LogP) is 5.69. The number of methoxy groups -OCH3 is 1. The molecule has 0 spiro atoms. The molecule has 41 heavy (non-hydrogen) atoms. The largest absolute Gasteiger partial charge is 0.494 e. The Labute approximate surface area is 236 Å². The lowest BCUT2D eigenvalue weighted by molar-refractivity contribution is -0.140. The quantitative estimate of drug-likeness (QED) is 0.409. The van der Waals surface area contributed by atoms with E-state index in [2.05, 4.69) is 26.5 Å². The van der Waals surface area contributed by atoms with Crippen LogP contribution in [0.1, 0.15) is 67.3 Å². The zero-order valence-corrected chi connectivity index (χ0v) is 23.8. The van der Waals surface area contributed by atoms with Crippen molar-refractivity contribution in [2.24, 2.45) is 5.41 Å². The number of ether oxygens (including phenoxy) is 1. The number of carbonyl (C=O) groups is 2. The fraction of sp³-hybridized carbons (Fsp3) is 0.414. The van der Waals surface area contributed by atoms with Gasteiger partial charge in [0, 0.05) is 30.8 Å². The molecule has 0 fully saturated rings. The molecule has 1 aliphatic carbocycles. The highest BCUT2D eigenvalue weighted by Gasteiger charge is 2.32. The predicted molar refractivity (Wildman–Crippen MR) is 148 cm³/mol. The summed E-state index contributed by atoms with van der Waals surface area (Å²) in [4.78, 5) is 35.9. The number of rotatable bonds is 6. The lowest BCUT2D eigenvalue weighted by Gasteiger charge is -2.35. The SMILES string of the molecule is COc1cc(NC(=O)c2cnn(-c3ccc(C(F)(F)F)cn3)c2C)cnc1C1=CCC(N(C)C(=O)C(C)(C)C)CC1. The van der Waals surface area contributed by atoms with E-state index in [9.17, 15) is 22.8 Å². The van der Waals surface area contributed by atoms with Crippen molar-refractivity contribution in [2.45, 2.75) is 59.2 Å². The van der Waals surface area contributed by atoms with Gasteiger partial charge in [-0.3, -0.25) is 14.6 Å². The molecule has 3 heterocycles. The number of allylic oxidation sites excluding steroid dienone is 1. The monoisotopic (exact) mass is 570 g/mol. The third kappa shape index (κ3) is 6.41. The maximum atomic E-state index is 13.0. The number of nitrogens with zero attached hydrogens (tertiary/aromatic N) is 5. The first-order valence-electron chi connectivity index (χ1n) is 13.1. The first-order valence-corrected chi connectivity index (χ1v) is 13.1. The van der Waals surface area contributed by atoms with Gasteiger partial charge in [-0.05, 0) is 43.9 Å². The van der Waals surface area contributed by atoms with Crippen LogP contribution in [0, 0.1) is 12.3 Å². The third-order valence-electron chi connectivity index (χ3n) is 7.07. The minimum Gasteiger partial charge on any atom is -0.494 e. The Bertz CT molecular complexity index is 1470. The summed E-state index contributed by atoms with van der Waals surface area (Å²) in [6.45, 7) is 7.36. The number of pyridine rings is 2. The first-order chi connectivity index (χ1) is 19.2. The Morgan fingerprint density at radius 1 is 1.12 bits per heavy atom. The highest BCUT2D eigenvalue weighted by atomic mass is 19.4. The Kier molecular flexibility index (Phi) is 8.23. The van der Waals surface area contributed by atoms with Gasteiger partial charge < -0.3 is 15.0 Å². The molecule has 0 bridgehead atoms. The van der Waals surface area contributed by atoms with Crippen molar-refractivity contribution in [2.75, 3.05) is 19.5 Å². The number of halogens is 3. The summed E-state index contributed by atoms with van der Waals surface area (Å²) in [5.41, 5.74) is 1.40. The molecule has 1 unspecified atom stereocenters. The molecule has 0 saturated heterocycles. The molecule has 4 rings (SSSR count). The summed E-state index contributed by atoms with van der Waals surface area (Å²) < 4.78 is 45.5. The number of carbonyl (C=O) groups excluding carboxylic acids is 2. The van der Waals surface area contributed by atoms with E-state index in [4.69, 9.17) is 4.74 Å². The smallest absolute Gasteiger partial charge is 0.417 e. The minimum atomic E-state index is -4.50. The van der Waals surface area contributed by atoms with E-state index in [-0.39, 0.29) is 23.3 Å². The molecule has 218 valence electrons. The van der Waals surface area contributed by atoms with Gasteiger partial charge in [0.15, 0.2) is 5.82 Å². The van der Waals surface area contributed by atoms with Crippen molar-refractivity contribution in [3.05, 3.63) is 65.4 Å². The van der Waals surface area contributed by atoms with Gasteiger partial charge in [-0.1, -0.05) is 26.8 Å². The van der Waals surface area contributed by atoms with Crippen molar-refractivity contribution < 1.29 is 27.5 Å². The van der Waals surface area contributed by atoms with E-state index in [1.54, 1.807) is 13.0 Å². The van der Waals surface area contributed by atoms with Gasteiger partial charge in [0.25, 0.3) is 5.91 Å². The average Bonchev–Trinajstić information content (AvgIpc) is 3.32. The third-order valence-corrected chi connectivity index (χ3v) is 7.07. The van der Waals surface area contributed by atoms with Crippen molar-refractivity contribution in [1.82, 2.24) is 24.6 Å². The van der Waals surface area contributed by atoms with Gasteiger partial charge in [-0.25, -0.2) is 9.67 Å². The normalized spacial score (nSPS) is 15.7. The number of anilines is 1. The summed E-state index contributed by atoms with van der Waals surface area (Å²) in [7, 11) is 3.37. The van der Waals surface area contributed by atoms with Crippen LogP contribution in [-0.4, -0.2) is 56.7 Å². The highest BCUT2D eigenvalue weighted by molar-refractivity contribution is 6.05. The van der Waals surface area contributed by atoms with Crippen LogP contribution in [0.4, 0.5) is 18.9 Å². The zero-order valence-electron chi connectivity index (χ0n) is 23.8. The Balaban J connectivity index is 1.47. The van der Waals surface area contributed by atoms with Crippen molar-refractivity contribution in [3.8, 4) is 11.6 Å². The molecule has 1 N–H and O–H groups in total. The number of hydrogen-bond acceptors (Lipinski definition) is 6. The number of alkyl halides is 3. The summed E-state index contributed by atoms with van der Waals surface area (Å²) >= 11 is 0. The number of hydrogen-bond donors (Lipinski definition) is 1. The molecule has 1 aliphatic rings. The molecule has 3 aromatic rings. The maximum Gasteiger partial charge on any atom is 0.417 e. The second-order valence-electron chi connectivity index (χ2n) is 11.0. The van der Waals surface area contributed by atoms with Gasteiger partial charge >= 0.3 is 6.18 Å². The molecule has 2 amide bonds. The fourth-order valence-electron chi connectivity index (χ4n) is 4.73.